The van der Waals surface area contributed by atoms with Crippen molar-refractivity contribution in [2.24, 2.45) is 17.8 Å². The van der Waals surface area contributed by atoms with Gasteiger partial charge in [-0.15, -0.1) is 11.8 Å². The number of amides is 1. The molecule has 3 aliphatic rings. The Hall–Kier alpha value is -2.71. The lowest BCUT2D eigenvalue weighted by atomic mass is 9.74. The Bertz CT molecular complexity index is 1250. The molecule has 8 heteroatoms. The lowest BCUT2D eigenvalue weighted by Gasteiger charge is -2.40. The quantitative estimate of drug-likeness (QED) is 0.456. The van der Waals surface area contributed by atoms with E-state index in [2.05, 4.69) is 16.4 Å². The number of para-hydroxylation sites is 1. The second-order valence-electron chi connectivity index (χ2n) is 9.10. The Morgan fingerprint density at radius 2 is 1.91 bits per heavy atom. The monoisotopic (exact) mass is 480 g/mol. The van der Waals surface area contributed by atoms with E-state index in [9.17, 15) is 14.7 Å². The van der Waals surface area contributed by atoms with Gasteiger partial charge >= 0.3 is 4.87 Å². The Morgan fingerprint density at radius 3 is 2.76 bits per heavy atom. The summed E-state index contributed by atoms with van der Waals surface area (Å²) in [5.74, 6) is 2.57. The number of carbonyl (C=O) groups excluding carboxylic acids is 1. The summed E-state index contributed by atoms with van der Waals surface area (Å²) in [5.41, 5.74) is 1.67. The minimum Gasteiger partial charge on any atom is -0.508 e. The van der Waals surface area contributed by atoms with Crippen molar-refractivity contribution in [1.29, 1.82) is 0 Å². The van der Waals surface area contributed by atoms with Crippen LogP contribution in [0, 0.1) is 17.8 Å². The molecule has 0 spiro atoms. The average Bonchev–Trinajstić information content (AvgIpc) is 3.52. The third-order valence-electron chi connectivity index (χ3n) is 7.23. The van der Waals surface area contributed by atoms with Crippen LogP contribution in [0.5, 0.6) is 11.5 Å². The number of phenols is 1. The van der Waals surface area contributed by atoms with Gasteiger partial charge in [0.15, 0.2) is 6.61 Å². The molecule has 2 saturated carbocycles. The van der Waals surface area contributed by atoms with Crippen molar-refractivity contribution in [3.05, 3.63) is 68.6 Å². The van der Waals surface area contributed by atoms with E-state index in [1.165, 1.54) is 42.7 Å². The van der Waals surface area contributed by atoms with Gasteiger partial charge in [-0.05, 0) is 67.3 Å². The maximum Gasteiger partial charge on any atom is 0.305 e. The first-order valence-electron chi connectivity index (χ1n) is 11.3. The zero-order valence-electron chi connectivity index (χ0n) is 17.8. The maximum atomic E-state index is 12.5. The van der Waals surface area contributed by atoms with Crippen molar-refractivity contribution in [2.45, 2.75) is 35.5 Å². The van der Waals surface area contributed by atoms with Crippen LogP contribution in [0.3, 0.4) is 0 Å². The van der Waals surface area contributed by atoms with Gasteiger partial charge in [0.05, 0.1) is 5.03 Å². The van der Waals surface area contributed by atoms with Gasteiger partial charge in [0.2, 0.25) is 0 Å². The Balaban J connectivity index is 1.28. The number of thioether (sulfide) groups is 1. The van der Waals surface area contributed by atoms with E-state index in [0.717, 1.165) is 15.5 Å². The molecule has 5 atom stereocenters. The molecule has 1 amide bonds. The molecule has 2 bridgehead atoms. The van der Waals surface area contributed by atoms with Gasteiger partial charge in [0.1, 0.15) is 11.5 Å². The fraction of sp³-hybridized carbons (Fsp3) is 0.360. The molecule has 1 aromatic heterocycles. The number of anilines is 1. The largest absolute Gasteiger partial charge is 0.508 e. The fourth-order valence-electron chi connectivity index (χ4n) is 5.95. The first kappa shape index (κ1) is 20.9. The van der Waals surface area contributed by atoms with E-state index in [0.29, 0.717) is 34.4 Å². The van der Waals surface area contributed by atoms with Gasteiger partial charge in [-0.2, -0.15) is 0 Å². The lowest BCUT2D eigenvalue weighted by Crippen LogP contribution is -2.34. The Kier molecular flexibility index (Phi) is 5.22. The SMILES string of the molecule is O=C(COc1ccccc1[C@H]1c2sc(=O)[nH]c2SC2C3CCC(C3)C21)Nc1ccc(O)cc1. The molecule has 2 aliphatic carbocycles. The zero-order chi connectivity index (χ0) is 22.5. The molecule has 0 saturated heterocycles. The van der Waals surface area contributed by atoms with Gasteiger partial charge < -0.3 is 20.1 Å². The standard InChI is InChI=1S/C25H24N2O4S2/c28-16-9-7-15(8-10-16)26-19(29)12-31-18-4-2-1-3-17(18)21-20-13-5-6-14(11-13)22(20)32-24-23(21)33-25(30)27-24/h1-4,7-10,13-14,20-22,28H,5-6,11-12H2,(H,26,29)(H,27,30)/t13?,14?,20?,21-,22?/m1/s1. The predicted octanol–water partition coefficient (Wildman–Crippen LogP) is 4.81. The van der Waals surface area contributed by atoms with Gasteiger partial charge in [-0.1, -0.05) is 29.5 Å². The number of H-pyrrole nitrogens is 1. The molecule has 2 aromatic carbocycles. The average molecular weight is 481 g/mol. The molecule has 1 aliphatic heterocycles. The lowest BCUT2D eigenvalue weighted by molar-refractivity contribution is -0.118. The number of phenolic OH excluding ortho intramolecular Hbond substituents is 1. The molecule has 3 N–H and O–H groups in total. The minimum absolute atomic E-state index is 0.00324. The van der Waals surface area contributed by atoms with E-state index in [4.69, 9.17) is 4.74 Å². The van der Waals surface area contributed by atoms with Crippen molar-refractivity contribution in [2.75, 3.05) is 11.9 Å². The number of aromatic nitrogens is 1. The number of aromatic hydroxyl groups is 1. The summed E-state index contributed by atoms with van der Waals surface area (Å²) in [5, 5.41) is 13.7. The summed E-state index contributed by atoms with van der Waals surface area (Å²) in [7, 11) is 0. The fourth-order valence-corrected chi connectivity index (χ4v) is 8.84. The second kappa shape index (κ2) is 8.25. The van der Waals surface area contributed by atoms with Crippen LogP contribution in [0.25, 0.3) is 0 Å². The molecule has 2 heterocycles. The van der Waals surface area contributed by atoms with Crippen LogP contribution in [0.4, 0.5) is 5.69 Å². The van der Waals surface area contributed by atoms with Crippen molar-refractivity contribution >= 4 is 34.7 Å². The number of aromatic amines is 1. The summed E-state index contributed by atoms with van der Waals surface area (Å²) in [6.07, 6.45) is 3.82. The van der Waals surface area contributed by atoms with Crippen LogP contribution in [0.2, 0.25) is 0 Å². The molecule has 6 rings (SSSR count). The number of benzene rings is 2. The van der Waals surface area contributed by atoms with Gasteiger partial charge in [-0.25, -0.2) is 0 Å². The highest BCUT2D eigenvalue weighted by atomic mass is 32.2. The van der Waals surface area contributed by atoms with Crippen molar-refractivity contribution in [1.82, 2.24) is 4.98 Å². The van der Waals surface area contributed by atoms with Gasteiger partial charge in [-0.3, -0.25) is 9.59 Å². The number of carbonyl (C=O) groups is 1. The second-order valence-corrected chi connectivity index (χ2v) is 11.3. The third kappa shape index (κ3) is 3.75. The molecular weight excluding hydrogens is 456 g/mol. The molecule has 0 radical (unpaired) electrons. The number of hydrogen-bond donors (Lipinski definition) is 3. The highest BCUT2D eigenvalue weighted by Crippen LogP contribution is 2.64. The summed E-state index contributed by atoms with van der Waals surface area (Å²) in [6.45, 7) is -0.115. The van der Waals surface area contributed by atoms with Crippen LogP contribution in [0.15, 0.2) is 58.4 Å². The summed E-state index contributed by atoms with van der Waals surface area (Å²) >= 11 is 3.19. The Morgan fingerprint density at radius 1 is 1.12 bits per heavy atom. The van der Waals surface area contributed by atoms with Crippen LogP contribution >= 0.6 is 23.1 Å². The predicted molar refractivity (Wildman–Crippen MR) is 129 cm³/mol. The van der Waals surface area contributed by atoms with Crippen molar-refractivity contribution in [3.63, 3.8) is 0 Å². The van der Waals surface area contributed by atoms with E-state index in [-0.39, 0.29) is 29.1 Å². The topological polar surface area (TPSA) is 91.4 Å². The number of ether oxygens (including phenoxy) is 1. The van der Waals surface area contributed by atoms with E-state index in [1.807, 2.05) is 30.0 Å². The van der Waals surface area contributed by atoms with E-state index >= 15 is 0 Å². The summed E-state index contributed by atoms with van der Waals surface area (Å²) < 4.78 is 6.05. The molecule has 3 aromatic rings. The number of fused-ring (bicyclic) bond motifs is 6. The van der Waals surface area contributed by atoms with Gasteiger partial charge in [0.25, 0.3) is 5.91 Å². The van der Waals surface area contributed by atoms with Crippen LogP contribution < -0.4 is 14.9 Å². The van der Waals surface area contributed by atoms with E-state index < -0.39 is 0 Å². The highest BCUT2D eigenvalue weighted by Gasteiger charge is 2.55. The first-order chi connectivity index (χ1) is 16.1. The van der Waals surface area contributed by atoms with Gasteiger partial charge in [0, 0.05) is 27.3 Å². The third-order valence-corrected chi connectivity index (χ3v) is 9.85. The normalized spacial score (nSPS) is 27.1. The minimum atomic E-state index is -0.264. The number of rotatable bonds is 5. The van der Waals surface area contributed by atoms with E-state index in [1.54, 1.807) is 12.1 Å². The molecule has 6 nitrogen and oxygen atoms in total. The summed E-state index contributed by atoms with van der Waals surface area (Å²) in [4.78, 5) is 29.0. The number of nitrogens with one attached hydrogen (secondary N) is 2. The number of hydrogen-bond acceptors (Lipinski definition) is 6. The Labute approximate surface area is 199 Å². The van der Waals surface area contributed by atoms with Crippen molar-refractivity contribution in [3.8, 4) is 11.5 Å². The maximum absolute atomic E-state index is 12.5. The molecule has 33 heavy (non-hydrogen) atoms. The zero-order valence-corrected chi connectivity index (χ0v) is 19.5. The summed E-state index contributed by atoms with van der Waals surface area (Å²) in [6, 6.07) is 14.3. The molecule has 170 valence electrons. The highest BCUT2D eigenvalue weighted by molar-refractivity contribution is 8.00. The smallest absolute Gasteiger partial charge is 0.305 e. The van der Waals surface area contributed by atoms with Crippen LogP contribution in [0.1, 0.15) is 35.6 Å². The molecule has 2 fully saturated rings. The number of thiazole rings is 1. The molecular formula is C25H24N2O4S2. The van der Waals surface area contributed by atoms with Crippen molar-refractivity contribution < 1.29 is 14.6 Å². The van der Waals surface area contributed by atoms with Crippen LogP contribution in [-0.4, -0.2) is 27.9 Å². The first-order valence-corrected chi connectivity index (χ1v) is 13.0. The molecule has 4 unspecified atom stereocenters. The van der Waals surface area contributed by atoms with Crippen LogP contribution in [-0.2, 0) is 4.79 Å².